The average Bonchev–Trinajstić information content (AvgIpc) is 2.94. The highest BCUT2D eigenvalue weighted by Crippen LogP contribution is 2.26. The number of nitrogens with zero attached hydrogens (tertiary/aromatic N) is 2. The molecule has 0 radical (unpaired) electrons. The maximum absolute atomic E-state index is 12.7. The summed E-state index contributed by atoms with van der Waals surface area (Å²) in [7, 11) is 0. The summed E-state index contributed by atoms with van der Waals surface area (Å²) in [5.41, 5.74) is 2.34. The second-order valence-electron chi connectivity index (χ2n) is 5.73. The molecule has 1 unspecified atom stereocenters. The first-order valence-electron chi connectivity index (χ1n) is 7.43. The summed E-state index contributed by atoms with van der Waals surface area (Å²) in [5, 5.41) is 2.01. The first-order chi connectivity index (χ1) is 10.2. The van der Waals surface area contributed by atoms with Gasteiger partial charge in [0.15, 0.2) is 5.78 Å². The van der Waals surface area contributed by atoms with Crippen LogP contribution in [0.5, 0.6) is 0 Å². The number of piperidine rings is 1. The van der Waals surface area contributed by atoms with Crippen molar-refractivity contribution in [3.05, 3.63) is 52.0 Å². The van der Waals surface area contributed by atoms with Gasteiger partial charge in [0.2, 0.25) is 0 Å². The quantitative estimate of drug-likeness (QED) is 0.810. The molecule has 0 bridgehead atoms. The monoisotopic (exact) mass is 300 g/mol. The molecule has 4 heteroatoms. The van der Waals surface area contributed by atoms with Crippen LogP contribution in [-0.4, -0.2) is 28.8 Å². The maximum atomic E-state index is 12.7. The van der Waals surface area contributed by atoms with E-state index in [4.69, 9.17) is 0 Å². The molecule has 1 fully saturated rings. The summed E-state index contributed by atoms with van der Waals surface area (Å²) in [6.45, 7) is 4.86. The van der Waals surface area contributed by atoms with Crippen molar-refractivity contribution >= 4 is 17.1 Å². The van der Waals surface area contributed by atoms with Crippen molar-refractivity contribution in [2.24, 2.45) is 5.92 Å². The molecule has 0 aromatic carbocycles. The Hall–Kier alpha value is -1.52. The van der Waals surface area contributed by atoms with E-state index in [0.717, 1.165) is 42.9 Å². The molecule has 110 valence electrons. The highest BCUT2D eigenvalue weighted by atomic mass is 32.1. The lowest BCUT2D eigenvalue weighted by atomic mass is 9.92. The Labute approximate surface area is 129 Å². The summed E-state index contributed by atoms with van der Waals surface area (Å²) in [6, 6.07) is 6.10. The molecule has 2 aromatic rings. The standard InChI is InChI=1S/C17H20N2OS/c1-13-6-9-21-17(13)16(20)15-5-3-8-19(12-15)11-14-4-2-7-18-10-14/h2,4,6-7,9-10,15H,3,5,8,11-12H2,1H3. The van der Waals surface area contributed by atoms with Crippen molar-refractivity contribution < 1.29 is 4.79 Å². The lowest BCUT2D eigenvalue weighted by molar-refractivity contribution is 0.0815. The van der Waals surface area contributed by atoms with Crippen molar-refractivity contribution in [3.63, 3.8) is 0 Å². The Bertz CT molecular complexity index is 608. The lowest BCUT2D eigenvalue weighted by Gasteiger charge is -2.31. The largest absolute Gasteiger partial charge is 0.298 e. The predicted molar refractivity (Wildman–Crippen MR) is 85.6 cm³/mol. The molecule has 2 aromatic heterocycles. The van der Waals surface area contributed by atoms with Gasteiger partial charge >= 0.3 is 0 Å². The fourth-order valence-corrected chi connectivity index (χ4v) is 3.92. The van der Waals surface area contributed by atoms with Crippen LogP contribution in [0, 0.1) is 12.8 Å². The molecule has 3 nitrogen and oxygen atoms in total. The Balaban J connectivity index is 1.66. The van der Waals surface area contributed by atoms with Crippen LogP contribution in [0.25, 0.3) is 0 Å². The van der Waals surface area contributed by atoms with Gasteiger partial charge in [-0.1, -0.05) is 6.07 Å². The minimum absolute atomic E-state index is 0.146. The summed E-state index contributed by atoms with van der Waals surface area (Å²) < 4.78 is 0. The van der Waals surface area contributed by atoms with Gasteiger partial charge in [0.05, 0.1) is 4.88 Å². The number of pyridine rings is 1. The summed E-state index contributed by atoms with van der Waals surface area (Å²) in [5.74, 6) is 0.478. The van der Waals surface area contributed by atoms with E-state index in [-0.39, 0.29) is 5.92 Å². The molecule has 1 saturated heterocycles. The highest BCUT2D eigenvalue weighted by molar-refractivity contribution is 7.12. The number of Topliss-reactive ketones (excluding diaryl/α,β-unsaturated/α-hetero) is 1. The third kappa shape index (κ3) is 3.39. The molecule has 1 aliphatic rings. The van der Waals surface area contributed by atoms with E-state index < -0.39 is 0 Å². The smallest absolute Gasteiger partial charge is 0.177 e. The molecular weight excluding hydrogens is 280 g/mol. The minimum atomic E-state index is 0.146. The van der Waals surface area contributed by atoms with E-state index >= 15 is 0 Å². The van der Waals surface area contributed by atoms with Crippen LogP contribution in [0.3, 0.4) is 0 Å². The molecule has 0 saturated carbocycles. The zero-order valence-electron chi connectivity index (χ0n) is 12.3. The van der Waals surface area contributed by atoms with Gasteiger partial charge < -0.3 is 0 Å². The van der Waals surface area contributed by atoms with Crippen LogP contribution >= 0.6 is 11.3 Å². The molecule has 21 heavy (non-hydrogen) atoms. The molecule has 1 atom stereocenters. The topological polar surface area (TPSA) is 33.2 Å². The van der Waals surface area contributed by atoms with Crippen molar-refractivity contribution in [2.75, 3.05) is 13.1 Å². The molecule has 1 aliphatic heterocycles. The van der Waals surface area contributed by atoms with Crippen LogP contribution in [0.4, 0.5) is 0 Å². The molecule has 3 heterocycles. The lowest BCUT2D eigenvalue weighted by Crippen LogP contribution is -2.38. The van der Waals surface area contributed by atoms with Gasteiger partial charge in [-0.3, -0.25) is 14.7 Å². The first kappa shape index (κ1) is 14.4. The van der Waals surface area contributed by atoms with Crippen molar-refractivity contribution in [1.29, 1.82) is 0 Å². The highest BCUT2D eigenvalue weighted by Gasteiger charge is 2.27. The number of rotatable bonds is 4. The second kappa shape index (κ2) is 6.50. The first-order valence-corrected chi connectivity index (χ1v) is 8.31. The van der Waals surface area contributed by atoms with E-state index in [1.54, 1.807) is 17.5 Å². The molecule has 0 spiro atoms. The summed E-state index contributed by atoms with van der Waals surface area (Å²) >= 11 is 1.58. The molecule has 0 aliphatic carbocycles. The van der Waals surface area contributed by atoms with Crippen LogP contribution in [0.1, 0.15) is 33.6 Å². The minimum Gasteiger partial charge on any atom is -0.298 e. The molecule has 3 rings (SSSR count). The number of aryl methyl sites for hydroxylation is 1. The number of hydrogen-bond acceptors (Lipinski definition) is 4. The Morgan fingerprint density at radius 1 is 1.48 bits per heavy atom. The van der Waals surface area contributed by atoms with Gasteiger partial charge in [0, 0.05) is 31.4 Å². The average molecular weight is 300 g/mol. The van der Waals surface area contributed by atoms with Crippen molar-refractivity contribution in [3.8, 4) is 0 Å². The van der Waals surface area contributed by atoms with Gasteiger partial charge in [-0.15, -0.1) is 11.3 Å². The van der Waals surface area contributed by atoms with E-state index in [0.29, 0.717) is 5.78 Å². The van der Waals surface area contributed by atoms with E-state index in [9.17, 15) is 4.79 Å². The normalized spacial score (nSPS) is 19.6. The third-order valence-electron chi connectivity index (χ3n) is 4.09. The Morgan fingerprint density at radius 3 is 3.10 bits per heavy atom. The van der Waals surface area contributed by atoms with Crippen LogP contribution < -0.4 is 0 Å². The van der Waals surface area contributed by atoms with Crippen molar-refractivity contribution in [1.82, 2.24) is 9.88 Å². The van der Waals surface area contributed by atoms with Gasteiger partial charge in [-0.25, -0.2) is 0 Å². The van der Waals surface area contributed by atoms with Crippen molar-refractivity contribution in [2.45, 2.75) is 26.3 Å². The van der Waals surface area contributed by atoms with Gasteiger partial charge in [0.1, 0.15) is 0 Å². The number of carbonyl (C=O) groups is 1. The zero-order chi connectivity index (χ0) is 14.7. The Kier molecular flexibility index (Phi) is 4.46. The molecule has 0 N–H and O–H groups in total. The van der Waals surface area contributed by atoms with Crippen LogP contribution in [0.15, 0.2) is 36.0 Å². The van der Waals surface area contributed by atoms with E-state index in [1.165, 1.54) is 5.56 Å². The zero-order valence-corrected chi connectivity index (χ0v) is 13.1. The van der Waals surface area contributed by atoms with Gasteiger partial charge in [-0.05, 0) is 54.9 Å². The maximum Gasteiger partial charge on any atom is 0.177 e. The number of hydrogen-bond donors (Lipinski definition) is 0. The fraction of sp³-hybridized carbons (Fsp3) is 0.412. The summed E-state index contributed by atoms with van der Waals surface area (Å²) in [6.07, 6.45) is 5.82. The molecule has 0 amide bonds. The van der Waals surface area contributed by atoms with Crippen LogP contribution in [-0.2, 0) is 6.54 Å². The fourth-order valence-electron chi connectivity index (χ4n) is 2.97. The number of carbonyl (C=O) groups excluding carboxylic acids is 1. The van der Waals surface area contributed by atoms with Gasteiger partial charge in [0.25, 0.3) is 0 Å². The van der Waals surface area contributed by atoms with E-state index in [2.05, 4.69) is 16.0 Å². The second-order valence-corrected chi connectivity index (χ2v) is 6.65. The summed E-state index contributed by atoms with van der Waals surface area (Å²) in [4.78, 5) is 20.1. The van der Waals surface area contributed by atoms with Crippen LogP contribution in [0.2, 0.25) is 0 Å². The number of aromatic nitrogens is 1. The number of ketones is 1. The number of thiophene rings is 1. The third-order valence-corrected chi connectivity index (χ3v) is 5.12. The number of likely N-dealkylation sites (tertiary alicyclic amines) is 1. The molecular formula is C17H20N2OS. The van der Waals surface area contributed by atoms with Gasteiger partial charge in [-0.2, -0.15) is 0 Å². The SMILES string of the molecule is Cc1ccsc1C(=O)C1CCCN(Cc2cccnc2)C1. The predicted octanol–water partition coefficient (Wildman–Crippen LogP) is 3.55. The van der Waals surface area contributed by atoms with E-state index in [1.807, 2.05) is 30.6 Å². The Morgan fingerprint density at radius 2 is 2.38 bits per heavy atom.